The van der Waals surface area contributed by atoms with Crippen LogP contribution in [0.25, 0.3) is 11.4 Å². The van der Waals surface area contributed by atoms with Gasteiger partial charge in [-0.3, -0.25) is 4.79 Å². The first-order chi connectivity index (χ1) is 12.0. The van der Waals surface area contributed by atoms with Crippen molar-refractivity contribution in [3.63, 3.8) is 0 Å². The predicted molar refractivity (Wildman–Crippen MR) is 88.7 cm³/mol. The van der Waals surface area contributed by atoms with Crippen molar-refractivity contribution in [3.05, 3.63) is 24.3 Å². The lowest BCUT2D eigenvalue weighted by atomic mass is 10.2. The van der Waals surface area contributed by atoms with Gasteiger partial charge in [-0.15, -0.1) is 10.2 Å². The molecule has 0 radical (unpaired) electrons. The van der Waals surface area contributed by atoms with Gasteiger partial charge in [0.25, 0.3) is 0 Å². The van der Waals surface area contributed by atoms with Gasteiger partial charge in [0.1, 0.15) is 5.75 Å². The molecule has 1 heterocycles. The van der Waals surface area contributed by atoms with Gasteiger partial charge in [0.15, 0.2) is 5.82 Å². The van der Waals surface area contributed by atoms with E-state index in [1.807, 2.05) is 0 Å². The Morgan fingerprint density at radius 3 is 2.72 bits per heavy atom. The number of carbonyl (C=O) groups excluding carboxylic acids is 1. The van der Waals surface area contributed by atoms with Crippen molar-refractivity contribution in [1.29, 1.82) is 0 Å². The Morgan fingerprint density at radius 1 is 1.36 bits per heavy atom. The van der Waals surface area contributed by atoms with Crippen LogP contribution >= 0.6 is 11.8 Å². The summed E-state index contributed by atoms with van der Waals surface area (Å²) in [5.41, 5.74) is 0.599. The van der Waals surface area contributed by atoms with Gasteiger partial charge >= 0.3 is 6.61 Å². The van der Waals surface area contributed by atoms with Crippen molar-refractivity contribution in [2.45, 2.75) is 24.6 Å². The number of hydrogen-bond donors (Lipinski definition) is 2. The van der Waals surface area contributed by atoms with Crippen LogP contribution in [-0.4, -0.2) is 39.7 Å². The van der Waals surface area contributed by atoms with Crippen LogP contribution in [0.2, 0.25) is 0 Å². The summed E-state index contributed by atoms with van der Waals surface area (Å²) in [7, 11) is 0. The molecule has 3 rings (SSSR count). The molecule has 0 saturated heterocycles. The molecule has 0 bridgehead atoms. The Bertz CT molecular complexity index is 734. The maximum atomic E-state index is 12.2. The molecule has 3 N–H and O–H groups in total. The van der Waals surface area contributed by atoms with Crippen molar-refractivity contribution < 1.29 is 18.3 Å². The SMILES string of the molecule is Nn1c(SCC(=O)NCC2CC2)nnc1-c1ccc(OC(F)F)cc1. The quantitative estimate of drug-likeness (QED) is 0.545. The van der Waals surface area contributed by atoms with E-state index in [2.05, 4.69) is 20.3 Å². The molecule has 1 aromatic carbocycles. The lowest BCUT2D eigenvalue weighted by Gasteiger charge is -2.06. The van der Waals surface area contributed by atoms with Crippen LogP contribution in [0, 0.1) is 5.92 Å². The number of carbonyl (C=O) groups is 1. The number of nitrogens with one attached hydrogen (secondary N) is 1. The first-order valence-electron chi connectivity index (χ1n) is 7.68. The summed E-state index contributed by atoms with van der Waals surface area (Å²) in [5.74, 6) is 7.12. The molecule has 134 valence electrons. The minimum atomic E-state index is -2.88. The fraction of sp³-hybridized carbons (Fsp3) is 0.400. The zero-order chi connectivity index (χ0) is 17.8. The number of nitrogens with two attached hydrogens (primary N) is 1. The lowest BCUT2D eigenvalue weighted by molar-refractivity contribution is -0.118. The number of ether oxygens (including phenoxy) is 1. The minimum Gasteiger partial charge on any atom is -0.435 e. The number of nitrogen functional groups attached to an aromatic ring is 1. The van der Waals surface area contributed by atoms with Crippen molar-refractivity contribution in [2.75, 3.05) is 18.1 Å². The molecule has 0 spiro atoms. The second-order valence-electron chi connectivity index (χ2n) is 5.62. The van der Waals surface area contributed by atoms with Gasteiger partial charge < -0.3 is 15.9 Å². The molecule has 0 aliphatic heterocycles. The maximum absolute atomic E-state index is 12.2. The highest BCUT2D eigenvalue weighted by molar-refractivity contribution is 7.99. The lowest BCUT2D eigenvalue weighted by Crippen LogP contribution is -2.27. The van der Waals surface area contributed by atoms with E-state index in [0.717, 1.165) is 0 Å². The van der Waals surface area contributed by atoms with E-state index in [0.29, 0.717) is 29.0 Å². The van der Waals surface area contributed by atoms with E-state index < -0.39 is 6.61 Å². The Balaban J connectivity index is 1.59. The number of nitrogens with zero attached hydrogens (tertiary/aromatic N) is 3. The third kappa shape index (κ3) is 4.81. The van der Waals surface area contributed by atoms with Gasteiger partial charge in [0.2, 0.25) is 11.1 Å². The summed E-state index contributed by atoms with van der Waals surface area (Å²) in [4.78, 5) is 11.8. The van der Waals surface area contributed by atoms with E-state index in [1.54, 1.807) is 12.1 Å². The predicted octanol–water partition coefficient (Wildman–Crippen LogP) is 1.88. The molecule has 1 saturated carbocycles. The van der Waals surface area contributed by atoms with Gasteiger partial charge in [-0.2, -0.15) is 8.78 Å². The second-order valence-corrected chi connectivity index (χ2v) is 6.56. The highest BCUT2D eigenvalue weighted by Crippen LogP contribution is 2.28. The molecule has 2 aromatic rings. The number of halogens is 2. The van der Waals surface area contributed by atoms with E-state index in [4.69, 9.17) is 5.84 Å². The van der Waals surface area contributed by atoms with E-state index in [9.17, 15) is 13.6 Å². The molecule has 10 heteroatoms. The van der Waals surface area contributed by atoms with Crippen LogP contribution in [0.1, 0.15) is 12.8 Å². The Hall–Kier alpha value is -2.36. The molecule has 0 atom stereocenters. The number of aromatic nitrogens is 3. The monoisotopic (exact) mass is 369 g/mol. The van der Waals surface area contributed by atoms with E-state index >= 15 is 0 Å². The summed E-state index contributed by atoms with van der Waals surface area (Å²) < 4.78 is 29.9. The fourth-order valence-corrected chi connectivity index (χ4v) is 2.81. The Labute approximate surface area is 146 Å². The summed E-state index contributed by atoms with van der Waals surface area (Å²) in [6, 6.07) is 5.91. The van der Waals surface area contributed by atoms with Gasteiger partial charge in [-0.05, 0) is 43.0 Å². The number of thioether (sulfide) groups is 1. The molecule has 1 aliphatic rings. The summed E-state index contributed by atoms with van der Waals surface area (Å²) in [5, 5.41) is 11.2. The highest BCUT2D eigenvalue weighted by atomic mass is 32.2. The van der Waals surface area contributed by atoms with Crippen molar-refractivity contribution >= 4 is 17.7 Å². The molecule has 1 aliphatic carbocycles. The molecular weight excluding hydrogens is 352 g/mol. The minimum absolute atomic E-state index is 0.0452. The number of amides is 1. The van der Waals surface area contributed by atoms with Crippen molar-refractivity contribution in [1.82, 2.24) is 20.2 Å². The van der Waals surface area contributed by atoms with E-state index in [-0.39, 0.29) is 17.4 Å². The van der Waals surface area contributed by atoms with Crippen LogP contribution in [0.4, 0.5) is 8.78 Å². The molecule has 1 amide bonds. The zero-order valence-corrected chi connectivity index (χ0v) is 14.0. The molecule has 1 aromatic heterocycles. The first-order valence-corrected chi connectivity index (χ1v) is 8.66. The second kappa shape index (κ2) is 7.68. The zero-order valence-electron chi connectivity index (χ0n) is 13.2. The summed E-state index contributed by atoms with van der Waals surface area (Å²) in [6.07, 6.45) is 2.35. The van der Waals surface area contributed by atoms with Gasteiger partial charge in [-0.25, -0.2) is 4.68 Å². The average molecular weight is 369 g/mol. The first kappa shape index (κ1) is 17.5. The maximum Gasteiger partial charge on any atom is 0.387 e. The Kier molecular flexibility index (Phi) is 5.37. The van der Waals surface area contributed by atoms with Crippen LogP contribution in [0.5, 0.6) is 5.75 Å². The Morgan fingerprint density at radius 2 is 2.08 bits per heavy atom. The number of benzene rings is 1. The summed E-state index contributed by atoms with van der Waals surface area (Å²) >= 11 is 1.18. The van der Waals surface area contributed by atoms with Gasteiger partial charge in [0, 0.05) is 12.1 Å². The van der Waals surface area contributed by atoms with Crippen LogP contribution < -0.4 is 15.9 Å². The van der Waals surface area contributed by atoms with Crippen LogP contribution in [0.15, 0.2) is 29.4 Å². The third-order valence-electron chi connectivity index (χ3n) is 3.62. The summed E-state index contributed by atoms with van der Waals surface area (Å²) in [6.45, 7) is -2.16. The van der Waals surface area contributed by atoms with E-state index in [1.165, 1.54) is 41.4 Å². The molecule has 7 nitrogen and oxygen atoms in total. The molecule has 0 unspecified atom stereocenters. The number of hydrogen-bond acceptors (Lipinski definition) is 6. The molecule has 25 heavy (non-hydrogen) atoms. The third-order valence-corrected chi connectivity index (χ3v) is 4.56. The average Bonchev–Trinajstić information content (AvgIpc) is 3.34. The van der Waals surface area contributed by atoms with Crippen molar-refractivity contribution in [3.8, 4) is 17.1 Å². The van der Waals surface area contributed by atoms with Crippen molar-refractivity contribution in [2.24, 2.45) is 5.92 Å². The standard InChI is InChI=1S/C15H17F2N5O2S/c16-14(17)24-11-5-3-10(4-6-11)13-20-21-15(22(13)18)25-8-12(23)19-7-9-1-2-9/h3-6,9,14H,1-2,7-8,18H2,(H,19,23). The normalized spacial score (nSPS) is 13.9. The molecular formula is C15H17F2N5O2S. The van der Waals surface area contributed by atoms with Crippen LogP contribution in [-0.2, 0) is 4.79 Å². The molecule has 1 fully saturated rings. The number of rotatable bonds is 8. The van der Waals surface area contributed by atoms with Gasteiger partial charge in [0.05, 0.1) is 5.75 Å². The smallest absolute Gasteiger partial charge is 0.387 e. The fourth-order valence-electron chi connectivity index (χ4n) is 2.12. The number of alkyl halides is 2. The van der Waals surface area contributed by atoms with Crippen LogP contribution in [0.3, 0.4) is 0 Å². The highest BCUT2D eigenvalue weighted by Gasteiger charge is 2.22. The topological polar surface area (TPSA) is 95.1 Å². The largest absolute Gasteiger partial charge is 0.435 e. The van der Waals surface area contributed by atoms with Gasteiger partial charge in [-0.1, -0.05) is 11.8 Å².